The number of hydrogen-bond acceptors (Lipinski definition) is 5. The van der Waals surface area contributed by atoms with Crippen molar-refractivity contribution < 1.29 is 24.2 Å². The van der Waals surface area contributed by atoms with E-state index in [4.69, 9.17) is 4.74 Å². The second-order valence-electron chi connectivity index (χ2n) is 10.7. The molecule has 0 saturated carbocycles. The summed E-state index contributed by atoms with van der Waals surface area (Å²) >= 11 is 0. The molecule has 4 rings (SSSR count). The molecule has 198 valence electrons. The van der Waals surface area contributed by atoms with Crippen LogP contribution in [0.4, 0.5) is 5.69 Å². The smallest absolute Gasteiger partial charge is 0.343 e. The molecule has 0 radical (unpaired) electrons. The molecule has 1 aliphatic heterocycles. The topological polar surface area (TPSA) is 95.9 Å². The molecule has 1 heterocycles. The third-order valence-corrected chi connectivity index (χ3v) is 6.76. The summed E-state index contributed by atoms with van der Waals surface area (Å²) in [6, 6.07) is 20.1. The van der Waals surface area contributed by atoms with Gasteiger partial charge >= 0.3 is 11.9 Å². The monoisotopic (exact) mass is 514 g/mol. The number of benzene rings is 3. The molecule has 0 unspecified atom stereocenters. The fraction of sp³-hybridized carbons (Fsp3) is 0.323. The minimum absolute atomic E-state index is 0.0446. The Kier molecular flexibility index (Phi) is 8.15. The minimum Gasteiger partial charge on any atom is -0.480 e. The molecule has 0 aliphatic carbocycles. The fourth-order valence-electron chi connectivity index (χ4n) is 4.44. The minimum atomic E-state index is -1.13. The van der Waals surface area contributed by atoms with Crippen LogP contribution in [0.15, 0.2) is 72.8 Å². The lowest BCUT2D eigenvalue weighted by Crippen LogP contribution is -2.42. The average molecular weight is 515 g/mol. The van der Waals surface area contributed by atoms with Crippen LogP contribution in [0.1, 0.15) is 65.5 Å². The van der Waals surface area contributed by atoms with Crippen LogP contribution in [-0.2, 0) is 16.6 Å². The first-order valence-corrected chi connectivity index (χ1v) is 12.9. The van der Waals surface area contributed by atoms with Crippen LogP contribution in [0.3, 0.4) is 0 Å². The van der Waals surface area contributed by atoms with Crippen LogP contribution < -0.4 is 15.0 Å². The van der Waals surface area contributed by atoms with Gasteiger partial charge in [0.05, 0.1) is 5.56 Å². The number of nitrogens with zero attached hydrogens (tertiary/aromatic N) is 1. The van der Waals surface area contributed by atoms with Gasteiger partial charge in [-0.15, -0.1) is 0 Å². The van der Waals surface area contributed by atoms with E-state index in [1.807, 2.05) is 24.3 Å². The van der Waals surface area contributed by atoms with Crippen molar-refractivity contribution in [3.63, 3.8) is 0 Å². The number of aliphatic carboxylic acids is 1. The lowest BCUT2D eigenvalue weighted by molar-refractivity contribution is -0.139. The molecule has 1 aliphatic rings. The molecular formula is C31H34N2O5. The molecule has 0 bridgehead atoms. The van der Waals surface area contributed by atoms with Gasteiger partial charge in [-0.25, -0.2) is 9.59 Å². The van der Waals surface area contributed by atoms with Gasteiger partial charge < -0.3 is 20.1 Å². The molecule has 1 atom stereocenters. The number of amides is 1. The highest BCUT2D eigenvalue weighted by Gasteiger charge is 2.22. The van der Waals surface area contributed by atoms with Gasteiger partial charge in [0.2, 0.25) is 0 Å². The predicted molar refractivity (Wildman–Crippen MR) is 147 cm³/mol. The predicted octanol–water partition coefficient (Wildman–Crippen LogP) is 5.23. The number of hydrogen-bond donors (Lipinski definition) is 2. The molecule has 7 heteroatoms. The number of carboxylic acids is 1. The first-order chi connectivity index (χ1) is 18.1. The summed E-state index contributed by atoms with van der Waals surface area (Å²) in [6.45, 7) is 8.32. The summed E-state index contributed by atoms with van der Waals surface area (Å²) in [4.78, 5) is 39.4. The fourth-order valence-corrected chi connectivity index (χ4v) is 4.44. The van der Waals surface area contributed by atoms with Gasteiger partial charge in [-0.05, 0) is 77.9 Å². The second-order valence-corrected chi connectivity index (χ2v) is 10.7. The third kappa shape index (κ3) is 6.79. The van der Waals surface area contributed by atoms with Gasteiger partial charge in [-0.3, -0.25) is 4.79 Å². The zero-order chi connectivity index (χ0) is 27.3. The summed E-state index contributed by atoms with van der Waals surface area (Å²) in [5.41, 5.74) is 3.70. The highest BCUT2D eigenvalue weighted by atomic mass is 16.5. The quantitative estimate of drug-likeness (QED) is 0.316. The second kappa shape index (κ2) is 11.5. The maximum atomic E-state index is 12.7. The lowest BCUT2D eigenvalue weighted by Gasteiger charge is -2.19. The Labute approximate surface area is 223 Å². The standard InChI is InChI=1S/C31H34N2O5/c1-31(2,3)24-12-8-22(9-13-24)28(34)32-27(29(35)36)20-21-6-16-26(17-7-21)38-30(37)23-10-14-25(15-11-23)33-18-4-5-19-33/h6-17,27H,4-5,18-20H2,1-3H3,(H,32,34)(H,35,36)/t27-/m0/s1. The van der Waals surface area contributed by atoms with Gasteiger partial charge in [0.1, 0.15) is 11.8 Å². The van der Waals surface area contributed by atoms with Crippen molar-refractivity contribution in [3.8, 4) is 5.75 Å². The molecule has 3 aromatic carbocycles. The van der Waals surface area contributed by atoms with Gasteiger partial charge in [-0.2, -0.15) is 0 Å². The van der Waals surface area contributed by atoms with Crippen LogP contribution in [0, 0.1) is 0 Å². The highest BCUT2D eigenvalue weighted by molar-refractivity contribution is 5.96. The van der Waals surface area contributed by atoms with E-state index >= 15 is 0 Å². The van der Waals surface area contributed by atoms with E-state index in [1.165, 1.54) is 12.8 Å². The molecular weight excluding hydrogens is 480 g/mol. The first-order valence-electron chi connectivity index (χ1n) is 12.9. The van der Waals surface area contributed by atoms with Crippen molar-refractivity contribution in [3.05, 3.63) is 95.1 Å². The molecule has 1 amide bonds. The lowest BCUT2D eigenvalue weighted by atomic mass is 9.86. The van der Waals surface area contributed by atoms with Crippen molar-refractivity contribution >= 4 is 23.5 Å². The van der Waals surface area contributed by atoms with E-state index in [1.54, 1.807) is 48.5 Å². The van der Waals surface area contributed by atoms with E-state index in [-0.39, 0.29) is 11.8 Å². The molecule has 0 spiro atoms. The maximum absolute atomic E-state index is 12.7. The number of carbonyl (C=O) groups is 3. The molecule has 1 saturated heterocycles. The zero-order valence-electron chi connectivity index (χ0n) is 22.1. The van der Waals surface area contributed by atoms with E-state index in [2.05, 4.69) is 31.0 Å². The number of esters is 1. The van der Waals surface area contributed by atoms with Gasteiger partial charge in [0.15, 0.2) is 0 Å². The number of carbonyl (C=O) groups excluding carboxylic acids is 2. The summed E-state index contributed by atoms with van der Waals surface area (Å²) in [6.07, 6.45) is 2.46. The Balaban J connectivity index is 1.34. The molecule has 2 N–H and O–H groups in total. The van der Waals surface area contributed by atoms with Crippen LogP contribution in [0.25, 0.3) is 0 Å². The van der Waals surface area contributed by atoms with Crippen molar-refractivity contribution in [2.45, 2.75) is 51.5 Å². The third-order valence-electron chi connectivity index (χ3n) is 6.76. The summed E-state index contributed by atoms with van der Waals surface area (Å²) < 4.78 is 5.49. The van der Waals surface area contributed by atoms with E-state index in [0.29, 0.717) is 22.4 Å². The molecule has 1 fully saturated rings. The number of anilines is 1. The van der Waals surface area contributed by atoms with Gasteiger partial charge in [0, 0.05) is 30.8 Å². The van der Waals surface area contributed by atoms with Crippen LogP contribution in [0.2, 0.25) is 0 Å². The molecule has 7 nitrogen and oxygen atoms in total. The molecule has 38 heavy (non-hydrogen) atoms. The average Bonchev–Trinajstić information content (AvgIpc) is 3.44. The van der Waals surface area contributed by atoms with Gasteiger partial charge in [-0.1, -0.05) is 45.0 Å². The SMILES string of the molecule is CC(C)(C)c1ccc(C(=O)N[C@@H](Cc2ccc(OC(=O)c3ccc(N4CCCC4)cc3)cc2)C(=O)O)cc1. The number of ether oxygens (including phenoxy) is 1. The molecule has 0 aromatic heterocycles. The largest absolute Gasteiger partial charge is 0.480 e. The van der Waals surface area contributed by atoms with Crippen molar-refractivity contribution in [1.29, 1.82) is 0 Å². The maximum Gasteiger partial charge on any atom is 0.343 e. The molecule has 3 aromatic rings. The van der Waals surface area contributed by atoms with E-state index < -0.39 is 23.9 Å². The Bertz CT molecular complexity index is 1270. The Morgan fingerprint density at radius 1 is 0.868 bits per heavy atom. The van der Waals surface area contributed by atoms with Crippen LogP contribution in [0.5, 0.6) is 5.75 Å². The summed E-state index contributed by atoms with van der Waals surface area (Å²) in [7, 11) is 0. The number of rotatable bonds is 8. The number of carboxylic acid groups (broad SMARTS) is 1. The zero-order valence-corrected chi connectivity index (χ0v) is 22.1. The summed E-state index contributed by atoms with van der Waals surface area (Å²) in [5, 5.41) is 12.3. The number of nitrogens with one attached hydrogen (secondary N) is 1. The highest BCUT2D eigenvalue weighted by Crippen LogP contribution is 2.23. The van der Waals surface area contributed by atoms with E-state index in [0.717, 1.165) is 24.3 Å². The Hall–Kier alpha value is -4.13. The van der Waals surface area contributed by atoms with E-state index in [9.17, 15) is 19.5 Å². The first kappa shape index (κ1) is 26.9. The van der Waals surface area contributed by atoms with Crippen molar-refractivity contribution in [2.75, 3.05) is 18.0 Å². The Morgan fingerprint density at radius 3 is 2.00 bits per heavy atom. The Morgan fingerprint density at radius 2 is 1.45 bits per heavy atom. The normalized spacial score (nSPS) is 14.1. The van der Waals surface area contributed by atoms with Crippen LogP contribution in [-0.4, -0.2) is 42.1 Å². The summed E-state index contributed by atoms with van der Waals surface area (Å²) in [5.74, 6) is -1.67. The van der Waals surface area contributed by atoms with Gasteiger partial charge in [0.25, 0.3) is 5.91 Å². The van der Waals surface area contributed by atoms with Crippen molar-refractivity contribution in [2.24, 2.45) is 0 Å². The van der Waals surface area contributed by atoms with Crippen LogP contribution >= 0.6 is 0 Å². The van der Waals surface area contributed by atoms with Crippen molar-refractivity contribution in [1.82, 2.24) is 5.32 Å².